The highest BCUT2D eigenvalue weighted by Gasteiger charge is 2.34. The molecule has 0 aromatic carbocycles. The van der Waals surface area contributed by atoms with Crippen molar-refractivity contribution < 1.29 is 4.79 Å². The van der Waals surface area contributed by atoms with Gasteiger partial charge in [0.1, 0.15) is 0 Å². The van der Waals surface area contributed by atoms with Gasteiger partial charge in [-0.25, -0.2) is 0 Å². The van der Waals surface area contributed by atoms with Crippen molar-refractivity contribution in [2.24, 2.45) is 23.0 Å². The van der Waals surface area contributed by atoms with E-state index in [9.17, 15) is 4.79 Å². The lowest BCUT2D eigenvalue weighted by Crippen LogP contribution is -2.47. The molecule has 2 rings (SSSR count). The summed E-state index contributed by atoms with van der Waals surface area (Å²) in [6.07, 6.45) is 7.80. The average Bonchev–Trinajstić information content (AvgIpc) is 2.31. The Kier molecular flexibility index (Phi) is 4.54. The first-order valence-electron chi connectivity index (χ1n) is 7.93. The SMILES string of the molecule is CC1CCC(N)CC1C(=O)NC1CCCC(C)(C)C1. The Hall–Kier alpha value is -0.570. The quantitative estimate of drug-likeness (QED) is 0.807. The zero-order chi connectivity index (χ0) is 14.0. The van der Waals surface area contributed by atoms with Crippen LogP contribution in [0.25, 0.3) is 0 Å². The smallest absolute Gasteiger partial charge is 0.223 e. The van der Waals surface area contributed by atoms with Crippen LogP contribution in [-0.2, 0) is 4.79 Å². The van der Waals surface area contributed by atoms with Gasteiger partial charge < -0.3 is 11.1 Å². The Morgan fingerprint density at radius 1 is 1.26 bits per heavy atom. The van der Waals surface area contributed by atoms with Gasteiger partial charge in [-0.2, -0.15) is 0 Å². The maximum atomic E-state index is 12.5. The maximum absolute atomic E-state index is 12.5. The molecule has 2 aliphatic carbocycles. The molecule has 0 aromatic rings. The van der Waals surface area contributed by atoms with Crippen LogP contribution < -0.4 is 11.1 Å². The molecule has 0 heterocycles. The van der Waals surface area contributed by atoms with Crippen molar-refractivity contribution in [2.75, 3.05) is 0 Å². The molecule has 19 heavy (non-hydrogen) atoms. The number of carbonyl (C=O) groups is 1. The van der Waals surface area contributed by atoms with Gasteiger partial charge in [0, 0.05) is 18.0 Å². The number of nitrogens with one attached hydrogen (secondary N) is 1. The third kappa shape index (κ3) is 3.95. The van der Waals surface area contributed by atoms with Gasteiger partial charge in [0.05, 0.1) is 0 Å². The number of amides is 1. The molecule has 4 atom stereocenters. The lowest BCUT2D eigenvalue weighted by Gasteiger charge is -2.37. The Morgan fingerprint density at radius 2 is 2.00 bits per heavy atom. The summed E-state index contributed by atoms with van der Waals surface area (Å²) >= 11 is 0. The molecule has 110 valence electrons. The molecule has 0 aliphatic heterocycles. The van der Waals surface area contributed by atoms with Crippen molar-refractivity contribution in [1.82, 2.24) is 5.32 Å². The summed E-state index contributed by atoms with van der Waals surface area (Å²) in [4.78, 5) is 12.5. The molecule has 0 bridgehead atoms. The van der Waals surface area contributed by atoms with Gasteiger partial charge >= 0.3 is 0 Å². The minimum atomic E-state index is 0.133. The van der Waals surface area contributed by atoms with Gasteiger partial charge in [0.15, 0.2) is 0 Å². The molecule has 3 nitrogen and oxygen atoms in total. The second kappa shape index (κ2) is 5.82. The Morgan fingerprint density at radius 3 is 2.68 bits per heavy atom. The van der Waals surface area contributed by atoms with E-state index in [1.54, 1.807) is 0 Å². The minimum absolute atomic E-state index is 0.133. The van der Waals surface area contributed by atoms with Crippen molar-refractivity contribution in [1.29, 1.82) is 0 Å². The Balaban J connectivity index is 1.89. The zero-order valence-corrected chi connectivity index (χ0v) is 12.7. The summed E-state index contributed by atoms with van der Waals surface area (Å²) in [5, 5.41) is 3.30. The van der Waals surface area contributed by atoms with E-state index in [4.69, 9.17) is 5.73 Å². The van der Waals surface area contributed by atoms with Crippen LogP contribution in [0.1, 0.15) is 65.7 Å². The monoisotopic (exact) mass is 266 g/mol. The lowest BCUT2D eigenvalue weighted by molar-refractivity contribution is -0.128. The topological polar surface area (TPSA) is 55.1 Å². The van der Waals surface area contributed by atoms with Crippen LogP contribution in [0.3, 0.4) is 0 Å². The Bertz CT molecular complexity index is 327. The van der Waals surface area contributed by atoms with Gasteiger partial charge in [-0.1, -0.05) is 27.2 Å². The fourth-order valence-electron chi connectivity index (χ4n) is 3.85. The normalized spacial score (nSPS) is 38.7. The van der Waals surface area contributed by atoms with Crippen molar-refractivity contribution in [3.63, 3.8) is 0 Å². The van der Waals surface area contributed by atoms with Crippen LogP contribution in [-0.4, -0.2) is 18.0 Å². The maximum Gasteiger partial charge on any atom is 0.223 e. The molecule has 0 aromatic heterocycles. The van der Waals surface area contributed by atoms with Crippen molar-refractivity contribution >= 4 is 5.91 Å². The van der Waals surface area contributed by atoms with E-state index in [-0.39, 0.29) is 17.9 Å². The van der Waals surface area contributed by atoms with Crippen LogP contribution in [0.4, 0.5) is 0 Å². The van der Waals surface area contributed by atoms with Crippen LogP contribution in [0, 0.1) is 17.3 Å². The zero-order valence-electron chi connectivity index (χ0n) is 12.7. The summed E-state index contributed by atoms with van der Waals surface area (Å²) in [7, 11) is 0. The van der Waals surface area contributed by atoms with E-state index < -0.39 is 0 Å². The van der Waals surface area contributed by atoms with Crippen molar-refractivity contribution in [3.8, 4) is 0 Å². The van der Waals surface area contributed by atoms with E-state index in [1.165, 1.54) is 12.8 Å². The van der Waals surface area contributed by atoms with Crippen molar-refractivity contribution in [2.45, 2.75) is 77.8 Å². The van der Waals surface area contributed by atoms with Gasteiger partial charge in [-0.15, -0.1) is 0 Å². The second-order valence-corrected chi connectivity index (χ2v) is 7.62. The molecule has 2 aliphatic rings. The minimum Gasteiger partial charge on any atom is -0.353 e. The van der Waals surface area contributed by atoms with E-state index in [0.717, 1.165) is 32.1 Å². The highest BCUT2D eigenvalue weighted by atomic mass is 16.2. The van der Waals surface area contributed by atoms with Gasteiger partial charge in [-0.05, 0) is 49.9 Å². The molecule has 3 heteroatoms. The van der Waals surface area contributed by atoms with Crippen molar-refractivity contribution in [3.05, 3.63) is 0 Å². The largest absolute Gasteiger partial charge is 0.353 e. The fraction of sp³-hybridized carbons (Fsp3) is 0.938. The van der Waals surface area contributed by atoms with E-state index in [0.29, 0.717) is 17.4 Å². The molecule has 1 amide bonds. The summed E-state index contributed by atoms with van der Waals surface area (Å²) in [5.41, 5.74) is 6.40. The summed E-state index contributed by atoms with van der Waals surface area (Å²) in [6, 6.07) is 0.594. The highest BCUT2D eigenvalue weighted by Crippen LogP contribution is 2.36. The van der Waals surface area contributed by atoms with Gasteiger partial charge in [0.25, 0.3) is 0 Å². The Labute approximate surface area is 117 Å². The van der Waals surface area contributed by atoms with Crippen LogP contribution in [0.2, 0.25) is 0 Å². The van der Waals surface area contributed by atoms with Gasteiger partial charge in [-0.3, -0.25) is 4.79 Å². The van der Waals surface area contributed by atoms with E-state index in [2.05, 4.69) is 26.1 Å². The molecule has 2 saturated carbocycles. The first-order valence-corrected chi connectivity index (χ1v) is 7.93. The van der Waals surface area contributed by atoms with Crippen LogP contribution in [0.5, 0.6) is 0 Å². The molecule has 3 N–H and O–H groups in total. The molecule has 2 fully saturated rings. The molecule has 0 spiro atoms. The van der Waals surface area contributed by atoms with Gasteiger partial charge in [0.2, 0.25) is 5.91 Å². The molecule has 0 saturated heterocycles. The summed E-state index contributed by atoms with van der Waals surface area (Å²) in [5.74, 6) is 0.871. The fourth-order valence-corrected chi connectivity index (χ4v) is 3.85. The highest BCUT2D eigenvalue weighted by molar-refractivity contribution is 5.79. The molecular weight excluding hydrogens is 236 g/mol. The first kappa shape index (κ1) is 14.8. The van der Waals surface area contributed by atoms with Crippen LogP contribution >= 0.6 is 0 Å². The van der Waals surface area contributed by atoms with Crippen LogP contribution in [0.15, 0.2) is 0 Å². The third-order valence-corrected chi connectivity index (χ3v) is 5.12. The average molecular weight is 266 g/mol. The summed E-state index contributed by atoms with van der Waals surface area (Å²) in [6.45, 7) is 6.82. The number of nitrogens with two attached hydrogens (primary N) is 1. The predicted octanol–water partition coefficient (Wildman–Crippen LogP) is 2.83. The van der Waals surface area contributed by atoms with E-state index in [1.807, 2.05) is 0 Å². The number of rotatable bonds is 2. The first-order chi connectivity index (χ1) is 8.87. The number of carbonyl (C=O) groups excluding carboxylic acids is 1. The predicted molar refractivity (Wildman–Crippen MR) is 78.7 cm³/mol. The summed E-state index contributed by atoms with van der Waals surface area (Å²) < 4.78 is 0. The molecule has 0 radical (unpaired) electrons. The van der Waals surface area contributed by atoms with E-state index >= 15 is 0 Å². The molecule has 4 unspecified atom stereocenters. The number of hydrogen-bond acceptors (Lipinski definition) is 2. The standard InChI is InChI=1S/C16H30N2O/c1-11-6-7-12(17)9-14(11)15(19)18-13-5-4-8-16(2,3)10-13/h11-14H,4-10,17H2,1-3H3,(H,18,19). The lowest BCUT2D eigenvalue weighted by atomic mass is 9.74. The number of hydrogen-bond donors (Lipinski definition) is 2. The molecular formula is C16H30N2O. The second-order valence-electron chi connectivity index (χ2n) is 7.62. The third-order valence-electron chi connectivity index (χ3n) is 5.12.